The Bertz CT molecular complexity index is 413. The first-order valence-electron chi connectivity index (χ1n) is 7.15. The zero-order chi connectivity index (χ0) is 15.0. The monoisotopic (exact) mass is 300 g/mol. The number of piperidine rings is 1. The highest BCUT2D eigenvalue weighted by molar-refractivity contribution is 8.00. The molecule has 2 heterocycles. The molecule has 0 aromatic carbocycles. The van der Waals surface area contributed by atoms with Crippen LogP contribution in [0.2, 0.25) is 0 Å². The molecule has 0 radical (unpaired) electrons. The van der Waals surface area contributed by atoms with Crippen molar-refractivity contribution in [1.82, 2.24) is 9.80 Å². The van der Waals surface area contributed by atoms with Crippen molar-refractivity contribution < 1.29 is 14.7 Å². The van der Waals surface area contributed by atoms with Crippen LogP contribution in [-0.4, -0.2) is 63.6 Å². The van der Waals surface area contributed by atoms with E-state index < -0.39 is 11.4 Å². The van der Waals surface area contributed by atoms with Crippen molar-refractivity contribution in [3.63, 3.8) is 0 Å². The summed E-state index contributed by atoms with van der Waals surface area (Å²) in [5.74, 6) is 0.146. The molecule has 2 aliphatic heterocycles. The molecule has 2 aliphatic rings. The highest BCUT2D eigenvalue weighted by Crippen LogP contribution is 2.33. The molecule has 6 heteroatoms. The van der Waals surface area contributed by atoms with Crippen LogP contribution in [0, 0.1) is 5.41 Å². The molecule has 0 aromatic heterocycles. The van der Waals surface area contributed by atoms with Gasteiger partial charge in [-0.25, -0.2) is 4.79 Å². The predicted molar refractivity (Wildman–Crippen MR) is 80.1 cm³/mol. The number of thioether (sulfide) groups is 1. The van der Waals surface area contributed by atoms with E-state index in [0.29, 0.717) is 19.5 Å². The standard InChI is InChI=1S/C14H24N2O3S/c1-13(2)9-16(7-8-20-13)12(19)15-6-4-5-14(3,10-15)11(17)18/h4-10H2,1-3H3,(H,17,18). The number of aliphatic carboxylic acids is 1. The van der Waals surface area contributed by atoms with Crippen molar-refractivity contribution in [1.29, 1.82) is 0 Å². The Balaban J connectivity index is 2.04. The summed E-state index contributed by atoms with van der Waals surface area (Å²) in [6.07, 6.45) is 1.41. The molecule has 0 aromatic rings. The predicted octanol–water partition coefficient (Wildman–Crippen LogP) is 2.12. The van der Waals surface area contributed by atoms with Crippen molar-refractivity contribution in [3.05, 3.63) is 0 Å². The maximum atomic E-state index is 12.6. The SMILES string of the molecule is CC1(C)CN(C(=O)N2CCCC(C)(C(=O)O)C2)CCS1. The number of carbonyl (C=O) groups is 2. The third-order valence-corrected chi connectivity index (χ3v) is 5.48. The Morgan fingerprint density at radius 3 is 2.35 bits per heavy atom. The number of carbonyl (C=O) groups excluding carboxylic acids is 1. The fourth-order valence-electron chi connectivity index (χ4n) is 2.96. The number of amides is 2. The van der Waals surface area contributed by atoms with Crippen LogP contribution in [0.15, 0.2) is 0 Å². The fraction of sp³-hybridized carbons (Fsp3) is 0.857. The lowest BCUT2D eigenvalue weighted by Gasteiger charge is -2.43. The second-order valence-electron chi connectivity index (χ2n) is 6.70. The quantitative estimate of drug-likeness (QED) is 0.806. The van der Waals surface area contributed by atoms with E-state index in [0.717, 1.165) is 25.3 Å². The van der Waals surface area contributed by atoms with Crippen LogP contribution in [0.1, 0.15) is 33.6 Å². The molecule has 2 saturated heterocycles. The number of carboxylic acid groups (broad SMARTS) is 1. The number of nitrogens with zero attached hydrogens (tertiary/aromatic N) is 2. The van der Waals surface area contributed by atoms with Gasteiger partial charge in [-0.1, -0.05) is 0 Å². The Labute approximate surface area is 124 Å². The first-order chi connectivity index (χ1) is 9.23. The number of hydrogen-bond acceptors (Lipinski definition) is 3. The molecule has 5 nitrogen and oxygen atoms in total. The summed E-state index contributed by atoms with van der Waals surface area (Å²) in [6.45, 7) is 8.52. The third kappa shape index (κ3) is 3.22. The molecule has 1 unspecified atom stereocenters. The van der Waals surface area contributed by atoms with E-state index in [2.05, 4.69) is 13.8 Å². The molecule has 20 heavy (non-hydrogen) atoms. The van der Waals surface area contributed by atoms with Crippen LogP contribution in [0.3, 0.4) is 0 Å². The van der Waals surface area contributed by atoms with Crippen LogP contribution in [-0.2, 0) is 4.79 Å². The van der Waals surface area contributed by atoms with Crippen LogP contribution in [0.4, 0.5) is 4.79 Å². The van der Waals surface area contributed by atoms with E-state index in [1.165, 1.54) is 0 Å². The van der Waals surface area contributed by atoms with Crippen LogP contribution >= 0.6 is 11.8 Å². The van der Waals surface area contributed by atoms with Gasteiger partial charge in [-0.05, 0) is 33.6 Å². The molecule has 1 N–H and O–H groups in total. The van der Waals surface area contributed by atoms with Crippen molar-refractivity contribution >= 4 is 23.8 Å². The third-order valence-electron chi connectivity index (χ3n) is 4.18. The average Bonchev–Trinajstić information content (AvgIpc) is 2.36. The lowest BCUT2D eigenvalue weighted by atomic mass is 9.82. The summed E-state index contributed by atoms with van der Waals surface area (Å²) in [4.78, 5) is 27.6. The molecule has 2 fully saturated rings. The first kappa shape index (κ1) is 15.5. The van der Waals surface area contributed by atoms with Crippen molar-refractivity contribution in [3.8, 4) is 0 Å². The summed E-state index contributed by atoms with van der Waals surface area (Å²) < 4.78 is 0.0831. The van der Waals surface area contributed by atoms with E-state index in [9.17, 15) is 14.7 Å². The topological polar surface area (TPSA) is 60.9 Å². The van der Waals surface area contributed by atoms with Crippen LogP contribution < -0.4 is 0 Å². The van der Waals surface area contributed by atoms with Gasteiger partial charge < -0.3 is 14.9 Å². The zero-order valence-electron chi connectivity index (χ0n) is 12.5. The largest absolute Gasteiger partial charge is 0.481 e. The number of hydrogen-bond donors (Lipinski definition) is 1. The van der Waals surface area contributed by atoms with Gasteiger partial charge in [0, 0.05) is 36.7 Å². The Hall–Kier alpha value is -0.910. The molecule has 0 aliphatic carbocycles. The number of carboxylic acids is 1. The van der Waals surface area contributed by atoms with Gasteiger partial charge in [0.2, 0.25) is 0 Å². The lowest BCUT2D eigenvalue weighted by Crippen LogP contribution is -2.56. The van der Waals surface area contributed by atoms with E-state index >= 15 is 0 Å². The van der Waals surface area contributed by atoms with Gasteiger partial charge in [-0.2, -0.15) is 11.8 Å². The van der Waals surface area contributed by atoms with Gasteiger partial charge in [0.25, 0.3) is 0 Å². The van der Waals surface area contributed by atoms with E-state index in [1.54, 1.807) is 11.8 Å². The molecule has 0 saturated carbocycles. The van der Waals surface area contributed by atoms with E-state index in [4.69, 9.17) is 0 Å². The van der Waals surface area contributed by atoms with E-state index in [-0.39, 0.29) is 10.8 Å². The van der Waals surface area contributed by atoms with Crippen molar-refractivity contribution in [2.45, 2.75) is 38.4 Å². The normalized spacial score (nSPS) is 30.1. The second kappa shape index (κ2) is 5.47. The molecule has 0 spiro atoms. The minimum Gasteiger partial charge on any atom is -0.481 e. The molecule has 0 bridgehead atoms. The van der Waals surface area contributed by atoms with Crippen LogP contribution in [0.5, 0.6) is 0 Å². The highest BCUT2D eigenvalue weighted by atomic mass is 32.2. The van der Waals surface area contributed by atoms with Crippen molar-refractivity contribution in [2.24, 2.45) is 5.41 Å². The maximum absolute atomic E-state index is 12.6. The second-order valence-corrected chi connectivity index (χ2v) is 8.51. The summed E-state index contributed by atoms with van der Waals surface area (Å²) in [6, 6.07) is 0.00514. The zero-order valence-corrected chi connectivity index (χ0v) is 13.3. The highest BCUT2D eigenvalue weighted by Gasteiger charge is 2.41. The van der Waals surface area contributed by atoms with Crippen molar-refractivity contribution in [2.75, 3.05) is 31.9 Å². The van der Waals surface area contributed by atoms with Crippen LogP contribution in [0.25, 0.3) is 0 Å². The molecule has 1 atom stereocenters. The minimum absolute atomic E-state index is 0.00514. The molecule has 2 amide bonds. The maximum Gasteiger partial charge on any atom is 0.320 e. The summed E-state index contributed by atoms with van der Waals surface area (Å²) in [5, 5.41) is 9.34. The Kier molecular flexibility index (Phi) is 4.23. The molecular weight excluding hydrogens is 276 g/mol. The first-order valence-corrected chi connectivity index (χ1v) is 8.13. The minimum atomic E-state index is -0.801. The number of likely N-dealkylation sites (tertiary alicyclic amines) is 1. The number of rotatable bonds is 1. The average molecular weight is 300 g/mol. The molecule has 114 valence electrons. The van der Waals surface area contributed by atoms with Gasteiger partial charge in [0.15, 0.2) is 0 Å². The number of urea groups is 1. The lowest BCUT2D eigenvalue weighted by molar-refractivity contribution is -0.150. The summed E-state index contributed by atoms with van der Waals surface area (Å²) in [5.41, 5.74) is -0.798. The van der Waals surface area contributed by atoms with Gasteiger partial charge >= 0.3 is 12.0 Å². The Morgan fingerprint density at radius 1 is 1.10 bits per heavy atom. The molecular formula is C14H24N2O3S. The smallest absolute Gasteiger partial charge is 0.320 e. The van der Waals surface area contributed by atoms with Gasteiger partial charge in [0.1, 0.15) is 0 Å². The van der Waals surface area contributed by atoms with Gasteiger partial charge in [-0.3, -0.25) is 4.79 Å². The summed E-state index contributed by atoms with van der Waals surface area (Å²) >= 11 is 1.89. The van der Waals surface area contributed by atoms with E-state index in [1.807, 2.05) is 16.7 Å². The van der Waals surface area contributed by atoms with Gasteiger partial charge in [-0.15, -0.1) is 0 Å². The summed E-state index contributed by atoms with van der Waals surface area (Å²) in [7, 11) is 0. The molecule has 2 rings (SSSR count). The van der Waals surface area contributed by atoms with Gasteiger partial charge in [0.05, 0.1) is 5.41 Å². The Morgan fingerprint density at radius 2 is 1.75 bits per heavy atom. The fourth-order valence-corrected chi connectivity index (χ4v) is 4.07.